The molecule has 0 atom stereocenters. The van der Waals surface area contributed by atoms with Crippen LogP contribution in [0.15, 0.2) is 97.9 Å². The summed E-state index contributed by atoms with van der Waals surface area (Å²) in [7, 11) is 0. The molecule has 0 unspecified atom stereocenters. The van der Waals surface area contributed by atoms with Crippen LogP contribution in [0.3, 0.4) is 0 Å². The summed E-state index contributed by atoms with van der Waals surface area (Å²) in [6.07, 6.45) is 3.00. The Morgan fingerprint density at radius 2 is 1.42 bits per heavy atom. The summed E-state index contributed by atoms with van der Waals surface area (Å²) in [5.41, 5.74) is 2.85. The van der Waals surface area contributed by atoms with E-state index in [1.54, 1.807) is 30.5 Å². The number of fused-ring (bicyclic) bond motifs is 1. The fourth-order valence-corrected chi connectivity index (χ4v) is 3.59. The van der Waals surface area contributed by atoms with E-state index in [1.807, 2.05) is 48.5 Å². The predicted octanol–water partition coefficient (Wildman–Crippen LogP) is 7.89. The summed E-state index contributed by atoms with van der Waals surface area (Å²) in [4.78, 5) is 8.83. The second-order valence-electron chi connectivity index (χ2n) is 6.55. The molecule has 0 saturated heterocycles. The van der Waals surface area contributed by atoms with Gasteiger partial charge >= 0.3 is 0 Å². The second-order valence-corrected chi connectivity index (χ2v) is 7.59. The molecular formula is C24H14N8S. The SMILES string of the molecule is C=Nc1ccc(/N=N/c2ccc(/N=N/c3ncc(C=C(C#N)C#N)s3)cc2)c2ccccc12. The number of nitriles is 2. The van der Waals surface area contributed by atoms with Gasteiger partial charge in [0.2, 0.25) is 5.13 Å². The molecule has 0 aliphatic carbocycles. The largest absolute Gasteiger partial charge is 0.264 e. The lowest BCUT2D eigenvalue weighted by atomic mass is 10.1. The Kier molecular flexibility index (Phi) is 6.45. The van der Waals surface area contributed by atoms with Gasteiger partial charge in [-0.3, -0.25) is 4.99 Å². The molecule has 0 N–H and O–H groups in total. The van der Waals surface area contributed by atoms with Gasteiger partial charge in [-0.15, -0.1) is 15.3 Å². The van der Waals surface area contributed by atoms with Crippen LogP contribution in [0.25, 0.3) is 16.8 Å². The molecule has 0 fully saturated rings. The van der Waals surface area contributed by atoms with Crippen LogP contribution >= 0.6 is 11.3 Å². The fraction of sp³-hybridized carbons (Fsp3) is 0. The Labute approximate surface area is 193 Å². The van der Waals surface area contributed by atoms with Gasteiger partial charge in [-0.1, -0.05) is 35.6 Å². The molecule has 8 nitrogen and oxygen atoms in total. The highest BCUT2D eigenvalue weighted by atomic mass is 32.1. The van der Waals surface area contributed by atoms with Crippen LogP contribution in [-0.4, -0.2) is 11.7 Å². The van der Waals surface area contributed by atoms with Crippen LogP contribution in [0.2, 0.25) is 0 Å². The Balaban J connectivity index is 1.48. The van der Waals surface area contributed by atoms with Crippen molar-refractivity contribution >= 4 is 62.8 Å². The summed E-state index contributed by atoms with van der Waals surface area (Å²) in [6, 6.07) is 22.3. The van der Waals surface area contributed by atoms with E-state index in [-0.39, 0.29) is 5.57 Å². The van der Waals surface area contributed by atoms with Crippen molar-refractivity contribution in [3.63, 3.8) is 0 Å². The molecule has 1 aromatic heterocycles. The lowest BCUT2D eigenvalue weighted by Crippen LogP contribution is -1.75. The average molecular weight is 446 g/mol. The van der Waals surface area contributed by atoms with Crippen molar-refractivity contribution in [1.82, 2.24) is 4.98 Å². The maximum atomic E-state index is 8.82. The number of aromatic nitrogens is 1. The Morgan fingerprint density at radius 3 is 2.06 bits per heavy atom. The normalized spacial score (nSPS) is 10.8. The van der Waals surface area contributed by atoms with Crippen LogP contribution in [0.1, 0.15) is 4.88 Å². The van der Waals surface area contributed by atoms with Crippen LogP contribution in [0.5, 0.6) is 0 Å². The quantitative estimate of drug-likeness (QED) is 0.170. The first kappa shape index (κ1) is 21.4. The van der Waals surface area contributed by atoms with E-state index >= 15 is 0 Å². The maximum Gasteiger partial charge on any atom is 0.230 e. The van der Waals surface area contributed by atoms with Gasteiger partial charge in [0.1, 0.15) is 17.7 Å². The zero-order valence-corrected chi connectivity index (χ0v) is 17.9. The van der Waals surface area contributed by atoms with Crippen molar-refractivity contribution in [2.45, 2.75) is 0 Å². The molecule has 4 aromatic rings. The van der Waals surface area contributed by atoms with Crippen molar-refractivity contribution < 1.29 is 0 Å². The van der Waals surface area contributed by atoms with Crippen molar-refractivity contribution in [1.29, 1.82) is 10.5 Å². The van der Waals surface area contributed by atoms with Gasteiger partial charge in [0, 0.05) is 17.0 Å². The number of hydrogen-bond acceptors (Lipinski definition) is 9. The van der Waals surface area contributed by atoms with E-state index < -0.39 is 0 Å². The second kappa shape index (κ2) is 9.96. The van der Waals surface area contributed by atoms with Gasteiger partial charge in [0.15, 0.2) is 0 Å². The van der Waals surface area contributed by atoms with Gasteiger partial charge in [-0.2, -0.15) is 15.6 Å². The number of benzene rings is 3. The van der Waals surface area contributed by atoms with Crippen molar-refractivity contribution in [2.75, 3.05) is 0 Å². The zero-order valence-electron chi connectivity index (χ0n) is 17.1. The lowest BCUT2D eigenvalue weighted by Gasteiger charge is -2.04. The van der Waals surface area contributed by atoms with E-state index in [2.05, 4.69) is 37.2 Å². The first-order valence-corrected chi connectivity index (χ1v) is 10.4. The van der Waals surface area contributed by atoms with E-state index in [1.165, 1.54) is 17.4 Å². The Morgan fingerprint density at radius 1 is 0.818 bits per heavy atom. The van der Waals surface area contributed by atoms with E-state index in [0.29, 0.717) is 21.4 Å². The molecule has 0 radical (unpaired) electrons. The minimum Gasteiger partial charge on any atom is -0.264 e. The third-order valence-corrected chi connectivity index (χ3v) is 5.29. The smallest absolute Gasteiger partial charge is 0.230 e. The highest BCUT2D eigenvalue weighted by Crippen LogP contribution is 2.34. The molecule has 4 rings (SSSR count). The van der Waals surface area contributed by atoms with Crippen LogP contribution in [0, 0.1) is 22.7 Å². The van der Waals surface area contributed by atoms with Crippen molar-refractivity contribution in [3.05, 3.63) is 77.3 Å². The molecule has 1 heterocycles. The minimum absolute atomic E-state index is 0.00760. The molecule has 33 heavy (non-hydrogen) atoms. The van der Waals surface area contributed by atoms with E-state index in [4.69, 9.17) is 10.5 Å². The highest BCUT2D eigenvalue weighted by Gasteiger charge is 2.04. The monoisotopic (exact) mass is 446 g/mol. The summed E-state index contributed by atoms with van der Waals surface area (Å²) < 4.78 is 0. The molecule has 156 valence electrons. The van der Waals surface area contributed by atoms with Gasteiger partial charge in [-0.05, 0) is 49.2 Å². The number of thiazole rings is 1. The van der Waals surface area contributed by atoms with Crippen molar-refractivity contribution in [3.8, 4) is 12.1 Å². The van der Waals surface area contributed by atoms with Gasteiger partial charge in [0.25, 0.3) is 0 Å². The molecule has 0 saturated carbocycles. The molecule has 9 heteroatoms. The maximum absolute atomic E-state index is 8.82. The predicted molar refractivity (Wildman–Crippen MR) is 129 cm³/mol. The summed E-state index contributed by atoms with van der Waals surface area (Å²) in [6.45, 7) is 3.62. The van der Waals surface area contributed by atoms with Gasteiger partial charge in [-0.25, -0.2) is 4.98 Å². The van der Waals surface area contributed by atoms with Crippen molar-refractivity contribution in [2.24, 2.45) is 25.4 Å². The number of rotatable bonds is 6. The van der Waals surface area contributed by atoms with E-state index in [0.717, 1.165) is 22.1 Å². The Bertz CT molecular complexity index is 1480. The highest BCUT2D eigenvalue weighted by molar-refractivity contribution is 7.16. The molecule has 0 spiro atoms. The molecule has 0 bridgehead atoms. The standard InChI is InChI=1S/C24H14N8S/c1-27-22-10-11-23(21-5-3-2-4-20(21)22)31-29-17-6-8-18(9-7-17)30-32-24-28-15-19(33-24)12-16(13-25)14-26/h2-12,15H,1H2/b31-29+,32-30+. The molecule has 3 aromatic carbocycles. The summed E-state index contributed by atoms with van der Waals surface area (Å²) >= 11 is 1.23. The number of azo groups is 2. The van der Waals surface area contributed by atoms with Crippen LogP contribution < -0.4 is 0 Å². The zero-order chi connectivity index (χ0) is 23.0. The van der Waals surface area contributed by atoms with Crippen LogP contribution in [-0.2, 0) is 0 Å². The fourth-order valence-electron chi connectivity index (χ4n) is 2.91. The third kappa shape index (κ3) is 5.07. The first-order valence-electron chi connectivity index (χ1n) is 9.60. The average Bonchev–Trinajstić information content (AvgIpc) is 3.32. The molecule has 0 amide bonds. The molecule has 0 aliphatic rings. The topological polar surface area (TPSA) is 122 Å². The van der Waals surface area contributed by atoms with E-state index in [9.17, 15) is 0 Å². The van der Waals surface area contributed by atoms with Gasteiger partial charge in [0.05, 0.1) is 27.6 Å². The number of nitrogens with zero attached hydrogens (tertiary/aromatic N) is 8. The number of aliphatic imine (C=N–C) groups is 1. The summed E-state index contributed by atoms with van der Waals surface area (Å²) in [5.74, 6) is 0. The lowest BCUT2D eigenvalue weighted by molar-refractivity contribution is 1.19. The number of allylic oxidation sites excluding steroid dienone is 1. The van der Waals surface area contributed by atoms with Crippen LogP contribution in [0.4, 0.5) is 27.9 Å². The first-order chi connectivity index (χ1) is 16.2. The van der Waals surface area contributed by atoms with Gasteiger partial charge < -0.3 is 0 Å². The summed E-state index contributed by atoms with van der Waals surface area (Å²) in [5, 5.41) is 37.0. The Hall–Kier alpha value is -4.86. The molecular weight excluding hydrogens is 432 g/mol. The molecule has 0 aliphatic heterocycles. The minimum atomic E-state index is 0.00760. The third-order valence-electron chi connectivity index (χ3n) is 4.46. The number of hydrogen-bond donors (Lipinski definition) is 0.